The second-order valence-corrected chi connectivity index (χ2v) is 4.95. The van der Waals surface area contributed by atoms with Crippen LogP contribution in [-0.2, 0) is 4.79 Å². The van der Waals surface area contributed by atoms with Crippen LogP contribution in [0.5, 0.6) is 0 Å². The summed E-state index contributed by atoms with van der Waals surface area (Å²) < 4.78 is 0. The number of hydrogen-bond donors (Lipinski definition) is 2. The number of nitrogens with zero attached hydrogens (tertiary/aromatic N) is 1. The summed E-state index contributed by atoms with van der Waals surface area (Å²) in [6.07, 6.45) is 4.37. The van der Waals surface area contributed by atoms with Gasteiger partial charge in [-0.15, -0.1) is 0 Å². The van der Waals surface area contributed by atoms with Crippen molar-refractivity contribution in [3.63, 3.8) is 0 Å². The van der Waals surface area contributed by atoms with Gasteiger partial charge in [-0.25, -0.2) is 0 Å². The molecule has 18 heavy (non-hydrogen) atoms. The van der Waals surface area contributed by atoms with Crippen molar-refractivity contribution in [3.8, 4) is 0 Å². The van der Waals surface area contributed by atoms with Crippen LogP contribution in [0.4, 0.5) is 11.4 Å². The van der Waals surface area contributed by atoms with Crippen LogP contribution >= 0.6 is 0 Å². The number of carbonyl (C=O) groups excluding carboxylic acids is 1. The van der Waals surface area contributed by atoms with Gasteiger partial charge in [0.1, 0.15) is 0 Å². The maximum atomic E-state index is 11.8. The van der Waals surface area contributed by atoms with Gasteiger partial charge in [-0.1, -0.05) is 18.6 Å². The van der Waals surface area contributed by atoms with E-state index in [9.17, 15) is 4.79 Å². The molecule has 0 atom stereocenters. The van der Waals surface area contributed by atoms with Crippen LogP contribution in [0.2, 0.25) is 0 Å². The fraction of sp³-hybridized carbons (Fsp3) is 0.500. The van der Waals surface area contributed by atoms with E-state index in [2.05, 4.69) is 17.3 Å². The van der Waals surface area contributed by atoms with Crippen LogP contribution in [0.1, 0.15) is 25.7 Å². The van der Waals surface area contributed by atoms with Crippen LogP contribution in [-0.4, -0.2) is 30.4 Å². The van der Waals surface area contributed by atoms with Crippen LogP contribution in [0.25, 0.3) is 0 Å². The van der Waals surface area contributed by atoms with Crippen molar-refractivity contribution in [1.29, 1.82) is 0 Å². The highest BCUT2D eigenvalue weighted by Gasteiger charge is 2.21. The predicted octanol–water partition coefficient (Wildman–Crippen LogP) is 2.08. The monoisotopic (exact) mass is 247 g/mol. The van der Waals surface area contributed by atoms with Crippen LogP contribution < -0.4 is 11.1 Å². The zero-order valence-corrected chi connectivity index (χ0v) is 10.9. The molecule has 1 aliphatic rings. The Morgan fingerprint density at radius 1 is 1.44 bits per heavy atom. The molecule has 1 fully saturated rings. The fourth-order valence-corrected chi connectivity index (χ4v) is 2.11. The van der Waals surface area contributed by atoms with Crippen LogP contribution in [0.3, 0.4) is 0 Å². The molecule has 0 unspecified atom stereocenters. The molecule has 1 aromatic rings. The smallest absolute Gasteiger partial charge is 0.225 e. The number of nitrogens with two attached hydrogens (primary N) is 1. The summed E-state index contributed by atoms with van der Waals surface area (Å²) in [4.78, 5) is 14.1. The predicted molar refractivity (Wildman–Crippen MR) is 74.4 cm³/mol. The Morgan fingerprint density at radius 2 is 2.17 bits per heavy atom. The lowest BCUT2D eigenvalue weighted by Crippen LogP contribution is -2.38. The van der Waals surface area contributed by atoms with Crippen molar-refractivity contribution >= 4 is 17.3 Å². The first-order valence-electron chi connectivity index (χ1n) is 6.51. The third-order valence-corrected chi connectivity index (χ3v) is 3.62. The SMILES string of the molecule is CN(CCC(=O)Nc1ccccc1N)C1CCC1. The number of hydrogen-bond acceptors (Lipinski definition) is 3. The van der Waals surface area contributed by atoms with E-state index in [0.29, 0.717) is 23.8 Å². The number of benzene rings is 1. The molecule has 0 aliphatic heterocycles. The Morgan fingerprint density at radius 3 is 2.78 bits per heavy atom. The molecular weight excluding hydrogens is 226 g/mol. The fourth-order valence-electron chi connectivity index (χ4n) is 2.11. The highest BCUT2D eigenvalue weighted by Crippen LogP contribution is 2.23. The quantitative estimate of drug-likeness (QED) is 0.783. The summed E-state index contributed by atoms with van der Waals surface area (Å²) >= 11 is 0. The van der Waals surface area contributed by atoms with Gasteiger partial charge in [-0.3, -0.25) is 4.79 Å². The third kappa shape index (κ3) is 3.23. The summed E-state index contributed by atoms with van der Waals surface area (Å²) in [7, 11) is 2.09. The van der Waals surface area contributed by atoms with Crippen molar-refractivity contribution < 1.29 is 4.79 Å². The van der Waals surface area contributed by atoms with Crippen LogP contribution in [0.15, 0.2) is 24.3 Å². The molecule has 1 aromatic carbocycles. The average molecular weight is 247 g/mol. The van der Waals surface area contributed by atoms with Gasteiger partial charge in [0, 0.05) is 19.0 Å². The minimum absolute atomic E-state index is 0.0269. The number of nitrogen functional groups attached to an aromatic ring is 1. The number of rotatable bonds is 5. The van der Waals surface area contributed by atoms with Crippen molar-refractivity contribution in [2.24, 2.45) is 0 Å². The molecule has 98 valence electrons. The van der Waals surface area contributed by atoms with Gasteiger partial charge in [-0.2, -0.15) is 0 Å². The Balaban J connectivity index is 1.76. The number of para-hydroxylation sites is 2. The average Bonchev–Trinajstić information content (AvgIpc) is 2.27. The van der Waals surface area contributed by atoms with Crippen molar-refractivity contribution in [1.82, 2.24) is 4.90 Å². The summed E-state index contributed by atoms with van der Waals surface area (Å²) in [6.45, 7) is 0.809. The summed E-state index contributed by atoms with van der Waals surface area (Å²) in [6, 6.07) is 8.01. The van der Waals surface area contributed by atoms with Gasteiger partial charge >= 0.3 is 0 Å². The molecular formula is C14H21N3O. The molecule has 4 nitrogen and oxygen atoms in total. The normalized spacial score (nSPS) is 15.4. The Hall–Kier alpha value is -1.55. The van der Waals surface area contributed by atoms with Crippen molar-refractivity contribution in [3.05, 3.63) is 24.3 Å². The molecule has 0 spiro atoms. The second kappa shape index (κ2) is 5.87. The third-order valence-electron chi connectivity index (χ3n) is 3.62. The lowest BCUT2D eigenvalue weighted by molar-refractivity contribution is -0.116. The van der Waals surface area contributed by atoms with E-state index in [1.165, 1.54) is 19.3 Å². The van der Waals surface area contributed by atoms with E-state index in [0.717, 1.165) is 6.54 Å². The van der Waals surface area contributed by atoms with E-state index >= 15 is 0 Å². The van der Waals surface area contributed by atoms with E-state index in [1.54, 1.807) is 6.07 Å². The van der Waals surface area contributed by atoms with Gasteiger partial charge < -0.3 is 16.0 Å². The molecule has 0 saturated heterocycles. The molecule has 2 rings (SSSR count). The van der Waals surface area contributed by atoms with E-state index in [1.807, 2.05) is 18.2 Å². The molecule has 0 radical (unpaired) electrons. The largest absolute Gasteiger partial charge is 0.397 e. The first-order chi connectivity index (χ1) is 8.66. The highest BCUT2D eigenvalue weighted by molar-refractivity contribution is 5.93. The summed E-state index contributed by atoms with van der Waals surface area (Å²) in [5.74, 6) is 0.0269. The minimum Gasteiger partial charge on any atom is -0.397 e. The van der Waals surface area contributed by atoms with Crippen LogP contribution in [0, 0.1) is 0 Å². The number of carbonyl (C=O) groups is 1. The lowest BCUT2D eigenvalue weighted by atomic mass is 9.92. The first-order valence-corrected chi connectivity index (χ1v) is 6.51. The molecule has 1 saturated carbocycles. The molecule has 4 heteroatoms. The molecule has 0 bridgehead atoms. The highest BCUT2D eigenvalue weighted by atomic mass is 16.1. The van der Waals surface area contributed by atoms with E-state index in [4.69, 9.17) is 5.73 Å². The molecule has 0 aromatic heterocycles. The topological polar surface area (TPSA) is 58.4 Å². The van der Waals surface area contributed by atoms with Crippen molar-refractivity contribution in [2.75, 3.05) is 24.6 Å². The van der Waals surface area contributed by atoms with Gasteiger partial charge in [0.25, 0.3) is 0 Å². The number of amides is 1. The standard InChI is InChI=1S/C14H21N3O/c1-17(11-5-4-6-11)10-9-14(18)16-13-8-3-2-7-12(13)15/h2-3,7-8,11H,4-6,9-10,15H2,1H3,(H,16,18). The van der Waals surface area contributed by atoms with Crippen molar-refractivity contribution in [2.45, 2.75) is 31.7 Å². The van der Waals surface area contributed by atoms with Gasteiger partial charge in [0.2, 0.25) is 5.91 Å². The zero-order valence-electron chi connectivity index (χ0n) is 10.9. The molecule has 3 N–H and O–H groups in total. The first kappa shape index (κ1) is 12.9. The van der Waals surface area contributed by atoms with Gasteiger partial charge in [0.05, 0.1) is 11.4 Å². The summed E-state index contributed by atoms with van der Waals surface area (Å²) in [5, 5.41) is 2.85. The Labute approximate surface area is 108 Å². The Kier molecular flexibility index (Phi) is 4.20. The van der Waals surface area contributed by atoms with E-state index in [-0.39, 0.29) is 5.91 Å². The molecule has 1 amide bonds. The van der Waals surface area contributed by atoms with Gasteiger partial charge in [-0.05, 0) is 32.0 Å². The van der Waals surface area contributed by atoms with E-state index < -0.39 is 0 Å². The second-order valence-electron chi connectivity index (χ2n) is 4.95. The molecule has 0 heterocycles. The summed E-state index contributed by atoms with van der Waals surface area (Å²) in [5.41, 5.74) is 7.09. The lowest BCUT2D eigenvalue weighted by Gasteiger charge is -2.34. The van der Waals surface area contributed by atoms with Gasteiger partial charge in [0.15, 0.2) is 0 Å². The minimum atomic E-state index is 0.0269. The number of nitrogens with one attached hydrogen (secondary N) is 1. The maximum Gasteiger partial charge on any atom is 0.225 e. The molecule has 1 aliphatic carbocycles. The zero-order chi connectivity index (χ0) is 13.0. The Bertz CT molecular complexity index is 415. The number of anilines is 2. The maximum absolute atomic E-state index is 11.8.